The normalized spacial score (nSPS) is 19.6. The van der Waals surface area contributed by atoms with Gasteiger partial charge in [0.05, 0.1) is 12.7 Å². The van der Waals surface area contributed by atoms with Crippen LogP contribution in [-0.2, 0) is 13.0 Å². The summed E-state index contributed by atoms with van der Waals surface area (Å²) in [7, 11) is 1.51. The number of amides is 1. The number of phenols is 1. The van der Waals surface area contributed by atoms with E-state index in [9.17, 15) is 9.90 Å². The Bertz CT molecular complexity index is 833. The summed E-state index contributed by atoms with van der Waals surface area (Å²) in [4.78, 5) is 16.4. The average Bonchev–Trinajstić information content (AvgIpc) is 2.99. The lowest BCUT2D eigenvalue weighted by Crippen LogP contribution is -2.38. The molecule has 25 heavy (non-hydrogen) atoms. The Labute approximate surface area is 150 Å². The highest BCUT2D eigenvalue weighted by Crippen LogP contribution is 2.42. The molecule has 0 spiro atoms. The summed E-state index contributed by atoms with van der Waals surface area (Å²) in [6.07, 6.45) is 0.427. The van der Waals surface area contributed by atoms with Crippen molar-refractivity contribution in [1.29, 1.82) is 0 Å². The van der Waals surface area contributed by atoms with Crippen LogP contribution in [0.3, 0.4) is 0 Å². The fourth-order valence-electron chi connectivity index (χ4n) is 3.53. The molecule has 1 aromatic heterocycles. The van der Waals surface area contributed by atoms with Gasteiger partial charge in [-0.1, -0.05) is 19.1 Å². The highest BCUT2D eigenvalue weighted by Gasteiger charge is 2.34. The second kappa shape index (κ2) is 6.24. The monoisotopic (exact) mass is 359 g/mol. The zero-order chi connectivity index (χ0) is 17.6. The quantitative estimate of drug-likeness (QED) is 0.786. The van der Waals surface area contributed by atoms with Crippen LogP contribution in [0.25, 0.3) is 0 Å². The van der Waals surface area contributed by atoms with Gasteiger partial charge in [0.2, 0.25) is 0 Å². The molecule has 1 amide bonds. The highest BCUT2D eigenvalue weighted by atomic mass is 32.1. The smallest absolute Gasteiger partial charge is 0.256 e. The van der Waals surface area contributed by atoms with E-state index in [0.717, 1.165) is 36.6 Å². The molecule has 0 saturated heterocycles. The van der Waals surface area contributed by atoms with Crippen molar-refractivity contribution in [2.45, 2.75) is 26.1 Å². The van der Waals surface area contributed by atoms with Gasteiger partial charge < -0.3 is 20.5 Å². The van der Waals surface area contributed by atoms with Crippen LogP contribution in [0.5, 0.6) is 11.5 Å². The molecule has 0 saturated carbocycles. The number of methoxy groups -OCH3 is 1. The fourth-order valence-corrected chi connectivity index (χ4v) is 4.85. The van der Waals surface area contributed by atoms with Gasteiger partial charge in [-0.05, 0) is 24.6 Å². The number of thiophene rings is 1. The molecule has 1 aromatic carbocycles. The van der Waals surface area contributed by atoms with Gasteiger partial charge >= 0.3 is 0 Å². The van der Waals surface area contributed by atoms with Crippen LogP contribution in [0.1, 0.15) is 39.5 Å². The third kappa shape index (κ3) is 2.63. The standard InChI is InChI=1S/C18H21N3O3S/c1-3-21-8-7-10-13(9-21)25-18-14(10)17(23)19-16(20-18)11-5-4-6-12(24-2)15(11)22/h4-6,16,20,22H,3,7-9H2,1-2H3,(H,19,23)/t16-/m1/s1. The van der Waals surface area contributed by atoms with Crippen molar-refractivity contribution in [1.82, 2.24) is 10.2 Å². The molecular formula is C18H21N3O3S. The SMILES string of the molecule is CCN1CCc2c(sc3c2C(=O)N[C@@H](c2cccc(OC)c2O)N3)C1. The first-order valence-corrected chi connectivity index (χ1v) is 9.24. The molecule has 2 aromatic rings. The third-order valence-electron chi connectivity index (χ3n) is 4.92. The molecule has 2 aliphatic rings. The molecule has 0 fully saturated rings. The van der Waals surface area contributed by atoms with Gasteiger partial charge in [0, 0.05) is 23.5 Å². The molecule has 0 bridgehead atoms. The molecule has 0 radical (unpaired) electrons. The van der Waals surface area contributed by atoms with E-state index in [1.807, 2.05) is 0 Å². The number of carbonyl (C=O) groups excluding carboxylic acids is 1. The Morgan fingerprint density at radius 3 is 3.00 bits per heavy atom. The van der Waals surface area contributed by atoms with Crippen molar-refractivity contribution in [3.63, 3.8) is 0 Å². The van der Waals surface area contributed by atoms with Crippen molar-refractivity contribution in [2.75, 3.05) is 25.5 Å². The number of likely N-dealkylation sites (N-methyl/N-ethyl adjacent to an activating group) is 1. The number of fused-ring (bicyclic) bond motifs is 3. The van der Waals surface area contributed by atoms with Crippen LogP contribution in [0.4, 0.5) is 5.00 Å². The third-order valence-corrected chi connectivity index (χ3v) is 6.07. The molecule has 2 aliphatic heterocycles. The minimum atomic E-state index is -0.475. The number of carbonyl (C=O) groups is 1. The number of para-hydroxylation sites is 1. The minimum Gasteiger partial charge on any atom is -0.504 e. The van der Waals surface area contributed by atoms with Gasteiger partial charge in [-0.2, -0.15) is 0 Å². The number of nitrogens with one attached hydrogen (secondary N) is 2. The van der Waals surface area contributed by atoms with Gasteiger partial charge in [0.25, 0.3) is 5.91 Å². The number of benzene rings is 1. The maximum atomic E-state index is 12.7. The molecule has 0 unspecified atom stereocenters. The van der Waals surface area contributed by atoms with Crippen LogP contribution in [0, 0.1) is 0 Å². The summed E-state index contributed by atoms with van der Waals surface area (Å²) in [6.45, 7) is 5.06. The zero-order valence-corrected chi connectivity index (χ0v) is 15.1. The van der Waals surface area contributed by atoms with Crippen molar-refractivity contribution in [2.24, 2.45) is 0 Å². The van der Waals surface area contributed by atoms with Gasteiger partial charge in [-0.3, -0.25) is 9.69 Å². The molecule has 132 valence electrons. The second-order valence-electron chi connectivity index (χ2n) is 6.28. The lowest BCUT2D eigenvalue weighted by Gasteiger charge is -2.28. The molecule has 6 nitrogen and oxygen atoms in total. The zero-order valence-electron chi connectivity index (χ0n) is 14.3. The number of hydrogen-bond donors (Lipinski definition) is 3. The number of phenolic OH excluding ortho intramolecular Hbond substituents is 1. The Kier molecular flexibility index (Phi) is 4.05. The van der Waals surface area contributed by atoms with E-state index in [-0.39, 0.29) is 11.7 Å². The summed E-state index contributed by atoms with van der Waals surface area (Å²) in [5.74, 6) is 0.358. The number of ether oxygens (including phenoxy) is 1. The first-order chi connectivity index (χ1) is 12.1. The number of anilines is 1. The summed E-state index contributed by atoms with van der Waals surface area (Å²) < 4.78 is 5.17. The molecule has 3 N–H and O–H groups in total. The van der Waals surface area contributed by atoms with E-state index in [0.29, 0.717) is 11.3 Å². The predicted octanol–water partition coefficient (Wildman–Crippen LogP) is 2.69. The summed E-state index contributed by atoms with van der Waals surface area (Å²) in [5, 5.41) is 17.6. The van der Waals surface area contributed by atoms with Gasteiger partial charge in [-0.25, -0.2) is 0 Å². The van der Waals surface area contributed by atoms with E-state index < -0.39 is 6.17 Å². The maximum absolute atomic E-state index is 12.7. The van der Waals surface area contributed by atoms with Crippen LogP contribution >= 0.6 is 11.3 Å². The Morgan fingerprint density at radius 2 is 2.24 bits per heavy atom. The number of hydrogen-bond acceptors (Lipinski definition) is 6. The van der Waals surface area contributed by atoms with Crippen molar-refractivity contribution in [3.8, 4) is 11.5 Å². The van der Waals surface area contributed by atoms with Crippen LogP contribution < -0.4 is 15.4 Å². The lowest BCUT2D eigenvalue weighted by atomic mass is 10.00. The Balaban J connectivity index is 1.69. The number of nitrogens with zero attached hydrogens (tertiary/aromatic N) is 1. The molecule has 1 atom stereocenters. The Morgan fingerprint density at radius 1 is 1.40 bits per heavy atom. The van der Waals surface area contributed by atoms with Crippen LogP contribution in [-0.4, -0.2) is 36.1 Å². The first-order valence-electron chi connectivity index (χ1n) is 8.42. The van der Waals surface area contributed by atoms with Crippen LogP contribution in [0.2, 0.25) is 0 Å². The molecule has 4 rings (SSSR count). The maximum Gasteiger partial charge on any atom is 0.256 e. The molecular weight excluding hydrogens is 338 g/mol. The van der Waals surface area contributed by atoms with Crippen molar-refractivity contribution in [3.05, 3.63) is 39.8 Å². The second-order valence-corrected chi connectivity index (χ2v) is 7.38. The Hall–Kier alpha value is -2.25. The van der Waals surface area contributed by atoms with Crippen molar-refractivity contribution < 1.29 is 14.6 Å². The summed E-state index contributed by atoms with van der Waals surface area (Å²) in [6, 6.07) is 5.28. The summed E-state index contributed by atoms with van der Waals surface area (Å²) >= 11 is 1.65. The minimum absolute atomic E-state index is 0.0460. The average molecular weight is 359 g/mol. The van der Waals surface area contributed by atoms with Crippen LogP contribution in [0.15, 0.2) is 18.2 Å². The number of rotatable bonds is 3. The first kappa shape index (κ1) is 16.2. The lowest BCUT2D eigenvalue weighted by molar-refractivity contribution is 0.0934. The van der Waals surface area contributed by atoms with Gasteiger partial charge in [-0.15, -0.1) is 11.3 Å². The van der Waals surface area contributed by atoms with E-state index in [4.69, 9.17) is 4.74 Å². The fraction of sp³-hybridized carbons (Fsp3) is 0.389. The van der Waals surface area contributed by atoms with E-state index in [1.165, 1.54) is 17.6 Å². The molecule has 3 heterocycles. The molecule has 7 heteroatoms. The van der Waals surface area contributed by atoms with E-state index in [2.05, 4.69) is 22.5 Å². The topological polar surface area (TPSA) is 73.8 Å². The van der Waals surface area contributed by atoms with Gasteiger partial charge in [0.1, 0.15) is 11.2 Å². The number of aromatic hydroxyl groups is 1. The largest absolute Gasteiger partial charge is 0.504 e. The highest BCUT2D eigenvalue weighted by molar-refractivity contribution is 7.16. The predicted molar refractivity (Wildman–Crippen MR) is 97.5 cm³/mol. The van der Waals surface area contributed by atoms with Gasteiger partial charge in [0.15, 0.2) is 11.5 Å². The van der Waals surface area contributed by atoms with Crippen molar-refractivity contribution >= 4 is 22.2 Å². The summed E-state index contributed by atoms with van der Waals surface area (Å²) in [5.41, 5.74) is 2.54. The molecule has 0 aliphatic carbocycles. The van der Waals surface area contributed by atoms with E-state index in [1.54, 1.807) is 29.5 Å². The van der Waals surface area contributed by atoms with E-state index >= 15 is 0 Å².